The number of ether oxygens (including phenoxy) is 1. The number of halogens is 1. The first-order chi connectivity index (χ1) is 15.5. The molecule has 32 heavy (non-hydrogen) atoms. The van der Waals surface area contributed by atoms with Crippen LogP contribution in [0.5, 0.6) is 0 Å². The second-order valence-electron chi connectivity index (χ2n) is 7.51. The molecule has 3 heterocycles. The van der Waals surface area contributed by atoms with Crippen LogP contribution in [0.3, 0.4) is 0 Å². The average molecular weight is 457 g/mol. The molecule has 2 aliphatic rings. The molecule has 1 unspecified atom stereocenters. The van der Waals surface area contributed by atoms with Gasteiger partial charge in [0.25, 0.3) is 0 Å². The number of amides is 2. The molecule has 2 amide bonds. The predicted molar refractivity (Wildman–Crippen MR) is 120 cm³/mol. The van der Waals surface area contributed by atoms with Gasteiger partial charge in [-0.3, -0.25) is 4.90 Å². The van der Waals surface area contributed by atoms with Crippen LogP contribution in [0.25, 0.3) is 0 Å². The van der Waals surface area contributed by atoms with Crippen LogP contribution >= 0.6 is 11.6 Å². The normalized spacial score (nSPS) is 19.4. The summed E-state index contributed by atoms with van der Waals surface area (Å²) in [6, 6.07) is 7.89. The molecule has 2 aliphatic heterocycles. The summed E-state index contributed by atoms with van der Waals surface area (Å²) >= 11 is 6.02. The lowest BCUT2D eigenvalue weighted by molar-refractivity contribution is -0.139. The number of rotatable bonds is 6. The number of urea groups is 1. The third-order valence-electron chi connectivity index (χ3n) is 5.44. The highest BCUT2D eigenvalue weighted by Gasteiger charge is 2.34. The van der Waals surface area contributed by atoms with Crippen molar-refractivity contribution in [3.8, 4) is 0 Å². The van der Waals surface area contributed by atoms with Crippen LogP contribution in [-0.4, -0.2) is 66.2 Å². The van der Waals surface area contributed by atoms with Crippen LogP contribution in [0.1, 0.15) is 18.5 Å². The first-order valence-electron chi connectivity index (χ1n) is 10.5. The van der Waals surface area contributed by atoms with Gasteiger partial charge in [-0.2, -0.15) is 0 Å². The predicted octanol–water partition coefficient (Wildman–Crippen LogP) is 2.12. The molecule has 1 aromatic heterocycles. The second kappa shape index (κ2) is 9.97. The standard InChI is InChI=1S/C22H25ClN6O3/c1-2-32-20(30)18-17(26-22(31)27-19(18)15-4-6-16(23)7-5-15)14-28-10-12-29(13-11-28)21-24-8-3-9-25-21/h3-9,19H,2,10-14H2,1H3,(H2,26,27,31). The van der Waals surface area contributed by atoms with Crippen molar-refractivity contribution in [2.75, 3.05) is 44.2 Å². The summed E-state index contributed by atoms with van der Waals surface area (Å²) in [6.45, 7) is 5.41. The number of piperazine rings is 1. The Morgan fingerprint density at radius 1 is 1.16 bits per heavy atom. The van der Waals surface area contributed by atoms with Crippen LogP contribution in [0.2, 0.25) is 5.02 Å². The average Bonchev–Trinajstić information content (AvgIpc) is 2.80. The molecular weight excluding hydrogens is 432 g/mol. The van der Waals surface area contributed by atoms with Crippen molar-refractivity contribution in [3.05, 3.63) is 64.6 Å². The van der Waals surface area contributed by atoms with Crippen molar-refractivity contribution in [2.24, 2.45) is 0 Å². The highest BCUT2D eigenvalue weighted by atomic mass is 35.5. The van der Waals surface area contributed by atoms with Crippen LogP contribution in [0.15, 0.2) is 54.0 Å². The van der Waals surface area contributed by atoms with E-state index in [2.05, 4.69) is 30.4 Å². The van der Waals surface area contributed by atoms with Gasteiger partial charge in [0, 0.05) is 55.8 Å². The van der Waals surface area contributed by atoms with Gasteiger partial charge in [0.2, 0.25) is 5.95 Å². The minimum atomic E-state index is -0.617. The summed E-state index contributed by atoms with van der Waals surface area (Å²) in [5.41, 5.74) is 1.72. The maximum Gasteiger partial charge on any atom is 0.338 e. The van der Waals surface area contributed by atoms with E-state index in [9.17, 15) is 9.59 Å². The molecular formula is C22H25ClN6O3. The zero-order valence-electron chi connectivity index (χ0n) is 17.8. The summed E-state index contributed by atoms with van der Waals surface area (Å²) < 4.78 is 5.33. The van der Waals surface area contributed by atoms with Gasteiger partial charge in [-0.05, 0) is 30.7 Å². The Kier molecular flexibility index (Phi) is 6.87. The van der Waals surface area contributed by atoms with Gasteiger partial charge >= 0.3 is 12.0 Å². The number of hydrogen-bond donors (Lipinski definition) is 2. The van der Waals surface area contributed by atoms with Crippen LogP contribution in [0.4, 0.5) is 10.7 Å². The van der Waals surface area contributed by atoms with Gasteiger partial charge in [-0.25, -0.2) is 19.6 Å². The molecule has 10 heteroatoms. The van der Waals surface area contributed by atoms with E-state index in [0.717, 1.165) is 31.7 Å². The number of esters is 1. The smallest absolute Gasteiger partial charge is 0.338 e. The Bertz CT molecular complexity index is 990. The number of anilines is 1. The van der Waals surface area contributed by atoms with Gasteiger partial charge in [0.1, 0.15) is 0 Å². The summed E-state index contributed by atoms with van der Waals surface area (Å²) in [5, 5.41) is 6.25. The molecule has 168 valence electrons. The largest absolute Gasteiger partial charge is 0.463 e. The van der Waals surface area contributed by atoms with E-state index < -0.39 is 12.0 Å². The first-order valence-corrected chi connectivity index (χ1v) is 10.9. The maximum atomic E-state index is 12.9. The molecule has 2 N–H and O–H groups in total. The minimum absolute atomic E-state index is 0.243. The number of hydrogen-bond acceptors (Lipinski definition) is 7. The van der Waals surface area contributed by atoms with Gasteiger partial charge in [0.05, 0.1) is 18.2 Å². The summed E-state index contributed by atoms with van der Waals surface area (Å²) in [7, 11) is 0. The van der Waals surface area contributed by atoms with E-state index in [-0.39, 0.29) is 12.6 Å². The van der Waals surface area contributed by atoms with E-state index in [1.165, 1.54) is 0 Å². The van der Waals surface area contributed by atoms with E-state index in [0.29, 0.717) is 28.8 Å². The van der Waals surface area contributed by atoms with Gasteiger partial charge in [-0.1, -0.05) is 23.7 Å². The van der Waals surface area contributed by atoms with Crippen molar-refractivity contribution < 1.29 is 14.3 Å². The zero-order chi connectivity index (χ0) is 22.5. The fourth-order valence-corrected chi connectivity index (χ4v) is 4.01. The van der Waals surface area contributed by atoms with E-state index in [1.54, 1.807) is 49.6 Å². The third kappa shape index (κ3) is 5.00. The van der Waals surface area contributed by atoms with Crippen LogP contribution in [-0.2, 0) is 9.53 Å². The molecule has 1 saturated heterocycles. The van der Waals surface area contributed by atoms with E-state index >= 15 is 0 Å². The lowest BCUT2D eigenvalue weighted by Gasteiger charge is -2.37. The van der Waals surface area contributed by atoms with E-state index in [4.69, 9.17) is 16.3 Å². The van der Waals surface area contributed by atoms with Crippen molar-refractivity contribution in [2.45, 2.75) is 13.0 Å². The zero-order valence-corrected chi connectivity index (χ0v) is 18.5. The lowest BCUT2D eigenvalue weighted by atomic mass is 9.95. The number of aromatic nitrogens is 2. The molecule has 0 bridgehead atoms. The third-order valence-corrected chi connectivity index (χ3v) is 5.69. The number of benzene rings is 1. The summed E-state index contributed by atoms with van der Waals surface area (Å²) in [4.78, 5) is 38.3. The topological polar surface area (TPSA) is 99.7 Å². The van der Waals surface area contributed by atoms with Crippen LogP contribution < -0.4 is 15.5 Å². The molecule has 0 spiro atoms. The lowest BCUT2D eigenvalue weighted by Crippen LogP contribution is -2.52. The molecule has 1 fully saturated rings. The number of carbonyl (C=O) groups excluding carboxylic acids is 2. The Morgan fingerprint density at radius 3 is 2.50 bits per heavy atom. The molecule has 0 aliphatic carbocycles. The molecule has 1 atom stereocenters. The molecule has 1 aromatic carbocycles. The molecule has 4 rings (SSSR count). The first kappa shape index (κ1) is 22.0. The Morgan fingerprint density at radius 2 is 1.84 bits per heavy atom. The minimum Gasteiger partial charge on any atom is -0.463 e. The number of carbonyl (C=O) groups is 2. The Hall–Kier alpha value is -3.17. The van der Waals surface area contributed by atoms with E-state index in [1.807, 2.05) is 0 Å². The van der Waals surface area contributed by atoms with Gasteiger partial charge < -0.3 is 20.3 Å². The summed E-state index contributed by atoms with van der Waals surface area (Å²) in [6.07, 6.45) is 3.46. The molecule has 2 aromatic rings. The van der Waals surface area contributed by atoms with Crippen LogP contribution in [0, 0.1) is 0 Å². The Labute approximate surface area is 191 Å². The molecule has 0 radical (unpaired) electrons. The van der Waals surface area contributed by atoms with Crippen molar-refractivity contribution >= 4 is 29.5 Å². The quantitative estimate of drug-likeness (QED) is 0.642. The SMILES string of the molecule is CCOC(=O)C1=C(CN2CCN(c3ncccn3)CC2)NC(=O)NC1c1ccc(Cl)cc1. The number of nitrogens with zero attached hydrogens (tertiary/aromatic N) is 4. The summed E-state index contributed by atoms with van der Waals surface area (Å²) in [5.74, 6) is 0.253. The second-order valence-corrected chi connectivity index (χ2v) is 7.94. The van der Waals surface area contributed by atoms with Crippen molar-refractivity contribution in [3.63, 3.8) is 0 Å². The molecule has 9 nitrogen and oxygen atoms in total. The fourth-order valence-electron chi connectivity index (χ4n) is 3.88. The van der Waals surface area contributed by atoms with Gasteiger partial charge in [-0.15, -0.1) is 0 Å². The van der Waals surface area contributed by atoms with Crippen molar-refractivity contribution in [1.29, 1.82) is 0 Å². The highest BCUT2D eigenvalue weighted by molar-refractivity contribution is 6.30. The van der Waals surface area contributed by atoms with Gasteiger partial charge in [0.15, 0.2) is 0 Å². The fraction of sp³-hybridized carbons (Fsp3) is 0.364. The maximum absolute atomic E-state index is 12.9. The highest BCUT2D eigenvalue weighted by Crippen LogP contribution is 2.29. The number of nitrogens with one attached hydrogen (secondary N) is 2. The van der Waals surface area contributed by atoms with Crippen molar-refractivity contribution in [1.82, 2.24) is 25.5 Å². The molecule has 0 saturated carbocycles. The monoisotopic (exact) mass is 456 g/mol. The Balaban J connectivity index is 1.56.